The fourth-order valence-corrected chi connectivity index (χ4v) is 4.07. The highest BCUT2D eigenvalue weighted by atomic mass is 79.9. The molecule has 0 spiro atoms. The van der Waals surface area contributed by atoms with Crippen LogP contribution in [0.2, 0.25) is 0 Å². The quantitative estimate of drug-likeness (QED) is 0.183. The van der Waals surface area contributed by atoms with E-state index in [2.05, 4.69) is 42.0 Å². The molecule has 2 heterocycles. The van der Waals surface area contributed by atoms with Gasteiger partial charge in [-0.2, -0.15) is 9.61 Å². The highest BCUT2D eigenvalue weighted by Crippen LogP contribution is 2.31. The van der Waals surface area contributed by atoms with Crippen LogP contribution < -0.4 is 16.0 Å². The lowest BCUT2D eigenvalue weighted by molar-refractivity contribution is 0.262. The second-order valence-corrected chi connectivity index (χ2v) is 8.81. The molecule has 9 nitrogen and oxygen atoms in total. The molecule has 0 aliphatic carbocycles. The first kappa shape index (κ1) is 23.2. The van der Waals surface area contributed by atoms with Crippen molar-refractivity contribution >= 4 is 44.8 Å². The Morgan fingerprint density at radius 2 is 1.67 bits per heavy atom. The number of para-hydroxylation sites is 1. The number of phenolic OH excluding ortho intramolecular Hbond substituents is 2. The number of hydrogen-bond donors (Lipinski definition) is 5. The largest absolute Gasteiger partial charge is 0.508 e. The first-order valence-corrected chi connectivity index (χ1v) is 11.8. The topological polar surface area (TPSA) is 124 Å². The van der Waals surface area contributed by atoms with Crippen molar-refractivity contribution in [1.29, 1.82) is 0 Å². The molecule has 0 atom stereocenters. The number of rotatable bonds is 6. The summed E-state index contributed by atoms with van der Waals surface area (Å²) in [7, 11) is 0. The summed E-state index contributed by atoms with van der Waals surface area (Å²) in [5.41, 5.74) is 3.84. The van der Waals surface area contributed by atoms with E-state index in [-0.39, 0.29) is 11.5 Å². The fourth-order valence-electron chi connectivity index (χ4n) is 3.72. The number of aromatic hydroxyl groups is 2. The Hall–Kier alpha value is -4.57. The second-order valence-electron chi connectivity index (χ2n) is 7.96. The summed E-state index contributed by atoms with van der Waals surface area (Å²) in [6, 6.07) is 22.2. The van der Waals surface area contributed by atoms with Gasteiger partial charge in [0.2, 0.25) is 0 Å². The lowest BCUT2D eigenvalue weighted by Gasteiger charge is -2.13. The van der Waals surface area contributed by atoms with Crippen LogP contribution in [-0.4, -0.2) is 30.8 Å². The highest BCUT2D eigenvalue weighted by Gasteiger charge is 2.14. The van der Waals surface area contributed by atoms with Crippen LogP contribution in [0.1, 0.15) is 5.56 Å². The van der Waals surface area contributed by atoms with Gasteiger partial charge in [-0.3, -0.25) is 0 Å². The third-order valence-electron chi connectivity index (χ3n) is 5.37. The molecule has 0 saturated carbocycles. The van der Waals surface area contributed by atoms with Crippen molar-refractivity contribution in [3.63, 3.8) is 0 Å². The van der Waals surface area contributed by atoms with Crippen LogP contribution >= 0.6 is 15.9 Å². The molecule has 0 aliphatic rings. The molecule has 0 fully saturated rings. The van der Waals surface area contributed by atoms with E-state index in [0.29, 0.717) is 40.6 Å². The molecule has 5 rings (SSSR count). The summed E-state index contributed by atoms with van der Waals surface area (Å²) >= 11 is 3.49. The maximum absolute atomic E-state index is 12.4. The van der Waals surface area contributed by atoms with Crippen molar-refractivity contribution in [1.82, 2.24) is 14.6 Å². The molecular weight excluding hydrogens is 524 g/mol. The molecule has 2 amide bonds. The van der Waals surface area contributed by atoms with Gasteiger partial charge in [-0.1, -0.05) is 30.3 Å². The maximum Gasteiger partial charge on any atom is 0.323 e. The number of amides is 2. The van der Waals surface area contributed by atoms with Gasteiger partial charge in [-0.15, -0.1) is 0 Å². The molecule has 0 unspecified atom stereocenters. The summed E-state index contributed by atoms with van der Waals surface area (Å²) < 4.78 is 2.41. The van der Waals surface area contributed by atoms with Gasteiger partial charge >= 0.3 is 6.03 Å². The summed E-state index contributed by atoms with van der Waals surface area (Å²) in [5.74, 6) is 0.892. The van der Waals surface area contributed by atoms with Gasteiger partial charge in [0, 0.05) is 35.6 Å². The molecule has 180 valence electrons. The van der Waals surface area contributed by atoms with Crippen molar-refractivity contribution in [3.8, 4) is 22.8 Å². The Balaban J connectivity index is 1.34. The standard InChI is InChI=1S/C26H21BrN6O3/c27-21-15-29-33-24(13-22(32-25(21)33)20-9-1-2-10-23(20)35)28-14-16-5-3-6-17(11-16)30-26(36)31-18-7-4-8-19(34)12-18/h1-13,15,28,34-35H,14H2,(H2,30,31,36). The fraction of sp³-hybridized carbons (Fsp3) is 0.0385. The molecular formula is C26H21BrN6O3. The Bertz CT molecular complexity index is 1570. The van der Waals surface area contributed by atoms with Gasteiger partial charge in [0.05, 0.1) is 16.4 Å². The zero-order valence-electron chi connectivity index (χ0n) is 18.8. The van der Waals surface area contributed by atoms with Crippen LogP contribution in [0.3, 0.4) is 0 Å². The number of carbonyl (C=O) groups excluding carboxylic acids is 1. The molecule has 0 aliphatic heterocycles. The molecule has 5 aromatic rings. The number of nitrogens with zero attached hydrogens (tertiary/aromatic N) is 3. The molecule has 3 aromatic carbocycles. The Morgan fingerprint density at radius 1 is 0.917 bits per heavy atom. The molecule has 10 heteroatoms. The average molecular weight is 545 g/mol. The number of anilines is 3. The van der Waals surface area contributed by atoms with Crippen molar-refractivity contribution in [3.05, 3.63) is 95.1 Å². The Morgan fingerprint density at radius 3 is 2.44 bits per heavy atom. The average Bonchev–Trinajstić information content (AvgIpc) is 3.24. The van der Waals surface area contributed by atoms with Crippen molar-refractivity contribution in [2.75, 3.05) is 16.0 Å². The summed E-state index contributed by atoms with van der Waals surface area (Å²) in [4.78, 5) is 17.0. The number of fused-ring (bicyclic) bond motifs is 1. The minimum atomic E-state index is -0.421. The van der Waals surface area contributed by atoms with Crippen molar-refractivity contribution in [2.24, 2.45) is 0 Å². The van der Waals surface area contributed by atoms with E-state index < -0.39 is 6.03 Å². The molecule has 36 heavy (non-hydrogen) atoms. The number of aromatic nitrogens is 3. The van der Waals surface area contributed by atoms with Crippen LogP contribution in [0.25, 0.3) is 16.9 Å². The normalized spacial score (nSPS) is 10.8. The molecule has 0 bridgehead atoms. The van der Waals surface area contributed by atoms with E-state index >= 15 is 0 Å². The number of halogens is 1. The van der Waals surface area contributed by atoms with E-state index in [0.717, 1.165) is 10.0 Å². The van der Waals surface area contributed by atoms with Gasteiger partial charge in [0.1, 0.15) is 17.3 Å². The number of hydrogen-bond acceptors (Lipinski definition) is 6. The zero-order chi connectivity index (χ0) is 25.1. The van der Waals surface area contributed by atoms with Crippen LogP contribution in [0.15, 0.2) is 89.5 Å². The van der Waals surface area contributed by atoms with Crippen molar-refractivity contribution < 1.29 is 15.0 Å². The molecule has 0 radical (unpaired) electrons. The third-order valence-corrected chi connectivity index (χ3v) is 5.93. The number of urea groups is 1. The monoisotopic (exact) mass is 544 g/mol. The van der Waals surface area contributed by atoms with Crippen LogP contribution in [0.4, 0.5) is 22.0 Å². The SMILES string of the molecule is O=C(Nc1cccc(O)c1)Nc1cccc(CNc2cc(-c3ccccc3O)nc3c(Br)cnn23)c1. The minimum Gasteiger partial charge on any atom is -0.508 e. The number of benzene rings is 3. The van der Waals surface area contributed by atoms with E-state index in [4.69, 9.17) is 0 Å². The molecule has 2 aromatic heterocycles. The predicted molar refractivity (Wildman–Crippen MR) is 142 cm³/mol. The Labute approximate surface area is 214 Å². The lowest BCUT2D eigenvalue weighted by atomic mass is 10.1. The van der Waals surface area contributed by atoms with E-state index in [1.54, 1.807) is 47.1 Å². The third kappa shape index (κ3) is 5.08. The summed E-state index contributed by atoms with van der Waals surface area (Å²) in [6.45, 7) is 0.445. The molecule has 0 saturated heterocycles. The van der Waals surface area contributed by atoms with Gasteiger partial charge in [-0.05, 0) is 57.9 Å². The summed E-state index contributed by atoms with van der Waals surface area (Å²) in [5, 5.41) is 33.1. The number of carbonyl (C=O) groups is 1. The maximum atomic E-state index is 12.4. The van der Waals surface area contributed by atoms with Gasteiger partial charge in [0.25, 0.3) is 0 Å². The lowest BCUT2D eigenvalue weighted by Crippen LogP contribution is -2.19. The first-order chi connectivity index (χ1) is 17.5. The van der Waals surface area contributed by atoms with Crippen LogP contribution in [-0.2, 0) is 6.54 Å². The van der Waals surface area contributed by atoms with Crippen LogP contribution in [0, 0.1) is 0 Å². The van der Waals surface area contributed by atoms with Gasteiger partial charge < -0.3 is 26.2 Å². The van der Waals surface area contributed by atoms with E-state index in [1.807, 2.05) is 30.3 Å². The van der Waals surface area contributed by atoms with E-state index in [9.17, 15) is 15.0 Å². The first-order valence-electron chi connectivity index (χ1n) is 11.0. The minimum absolute atomic E-state index is 0.0703. The van der Waals surface area contributed by atoms with Gasteiger partial charge in [0.15, 0.2) is 5.65 Å². The predicted octanol–water partition coefficient (Wildman–Crippen LogP) is 5.83. The molecule has 5 N–H and O–H groups in total. The number of phenols is 2. The number of nitrogens with one attached hydrogen (secondary N) is 3. The zero-order valence-corrected chi connectivity index (χ0v) is 20.4. The highest BCUT2D eigenvalue weighted by molar-refractivity contribution is 9.10. The van der Waals surface area contributed by atoms with E-state index in [1.165, 1.54) is 12.1 Å². The Kier molecular flexibility index (Phi) is 6.42. The van der Waals surface area contributed by atoms with Crippen LogP contribution in [0.5, 0.6) is 11.5 Å². The second kappa shape index (κ2) is 9.96. The van der Waals surface area contributed by atoms with Gasteiger partial charge in [-0.25, -0.2) is 9.78 Å². The smallest absolute Gasteiger partial charge is 0.323 e. The summed E-state index contributed by atoms with van der Waals surface area (Å²) in [6.07, 6.45) is 1.66. The van der Waals surface area contributed by atoms with Crippen molar-refractivity contribution in [2.45, 2.75) is 6.54 Å².